The first-order valence-corrected chi connectivity index (χ1v) is 8.96. The lowest BCUT2D eigenvalue weighted by Crippen LogP contribution is -2.38. The van der Waals surface area contributed by atoms with Gasteiger partial charge in [-0.2, -0.15) is 0 Å². The van der Waals surface area contributed by atoms with E-state index in [1.54, 1.807) is 24.3 Å². The summed E-state index contributed by atoms with van der Waals surface area (Å²) in [4.78, 5) is 24.7. The van der Waals surface area contributed by atoms with Crippen LogP contribution in [0.2, 0.25) is 5.02 Å². The first kappa shape index (κ1) is 18.7. The van der Waals surface area contributed by atoms with Gasteiger partial charge in [0.05, 0.1) is 6.04 Å². The maximum absolute atomic E-state index is 12.4. The number of nitrogens with one attached hydrogen (secondary N) is 2. The molecule has 0 spiro atoms. The van der Waals surface area contributed by atoms with Gasteiger partial charge < -0.3 is 10.6 Å². The molecule has 1 atom stereocenters. The van der Waals surface area contributed by atoms with Crippen molar-refractivity contribution in [1.82, 2.24) is 5.32 Å². The summed E-state index contributed by atoms with van der Waals surface area (Å²) in [5.41, 5.74) is 2.53. The summed E-state index contributed by atoms with van der Waals surface area (Å²) < 4.78 is 0. The largest absolute Gasteiger partial charge is 0.341 e. The van der Waals surface area contributed by atoms with Gasteiger partial charge in [-0.05, 0) is 41.8 Å². The molecule has 0 fully saturated rings. The summed E-state index contributed by atoms with van der Waals surface area (Å²) in [6, 6.07) is 25.7. The van der Waals surface area contributed by atoms with Crippen LogP contribution >= 0.6 is 11.6 Å². The van der Waals surface area contributed by atoms with E-state index in [0.717, 1.165) is 11.1 Å². The Balaban J connectivity index is 1.71. The smallest absolute Gasteiger partial charge is 0.313 e. The molecular weight excluding hydrogens is 360 g/mol. The zero-order chi connectivity index (χ0) is 19.1. The van der Waals surface area contributed by atoms with Crippen molar-refractivity contribution in [3.05, 3.63) is 101 Å². The average molecular weight is 379 g/mol. The first-order valence-electron chi connectivity index (χ1n) is 8.58. The van der Waals surface area contributed by atoms with E-state index in [-0.39, 0.29) is 6.04 Å². The summed E-state index contributed by atoms with van der Waals surface area (Å²) in [5.74, 6) is -1.40. The third kappa shape index (κ3) is 5.43. The third-order valence-corrected chi connectivity index (χ3v) is 4.35. The van der Waals surface area contributed by atoms with Gasteiger partial charge in [-0.3, -0.25) is 9.59 Å². The van der Waals surface area contributed by atoms with E-state index in [9.17, 15) is 9.59 Å². The van der Waals surface area contributed by atoms with Crippen molar-refractivity contribution in [2.24, 2.45) is 0 Å². The summed E-state index contributed by atoms with van der Waals surface area (Å²) in [6.07, 6.45) is 0.588. The molecule has 1 unspecified atom stereocenters. The highest BCUT2D eigenvalue weighted by Crippen LogP contribution is 2.19. The first-order chi connectivity index (χ1) is 13.1. The van der Waals surface area contributed by atoms with Crippen LogP contribution in [0.3, 0.4) is 0 Å². The number of rotatable bonds is 5. The average Bonchev–Trinajstić information content (AvgIpc) is 2.70. The van der Waals surface area contributed by atoms with Crippen LogP contribution in [-0.2, 0) is 16.0 Å². The molecule has 2 amide bonds. The van der Waals surface area contributed by atoms with Crippen LogP contribution in [0.5, 0.6) is 0 Å². The Bertz CT molecular complexity index is 897. The maximum Gasteiger partial charge on any atom is 0.313 e. The number of halogens is 1. The number of carbonyl (C=O) groups excluding carboxylic acids is 2. The maximum atomic E-state index is 12.4. The number of benzene rings is 3. The van der Waals surface area contributed by atoms with Crippen LogP contribution in [0.4, 0.5) is 5.69 Å². The highest BCUT2D eigenvalue weighted by Gasteiger charge is 2.20. The SMILES string of the molecule is O=C(Nc1ccc(Cl)cc1)C(=O)NC(Cc1ccccc1)c1ccccc1. The second kappa shape index (κ2) is 9.01. The fourth-order valence-corrected chi connectivity index (χ4v) is 2.86. The predicted octanol–water partition coefficient (Wildman–Crippen LogP) is 4.38. The Morgan fingerprint density at radius 1 is 0.778 bits per heavy atom. The number of carbonyl (C=O) groups is 2. The molecular formula is C22H19ClN2O2. The molecule has 5 heteroatoms. The van der Waals surface area contributed by atoms with Gasteiger partial charge >= 0.3 is 11.8 Å². The quantitative estimate of drug-likeness (QED) is 0.647. The van der Waals surface area contributed by atoms with Crippen LogP contribution in [0.25, 0.3) is 0 Å². The van der Waals surface area contributed by atoms with Gasteiger partial charge in [0.15, 0.2) is 0 Å². The Hall–Kier alpha value is -3.11. The molecule has 0 aliphatic carbocycles. The number of hydrogen-bond acceptors (Lipinski definition) is 2. The minimum atomic E-state index is -0.716. The van der Waals surface area contributed by atoms with Gasteiger partial charge in [-0.15, -0.1) is 0 Å². The van der Waals surface area contributed by atoms with Gasteiger partial charge in [0.1, 0.15) is 0 Å². The molecule has 27 heavy (non-hydrogen) atoms. The molecule has 4 nitrogen and oxygen atoms in total. The van der Waals surface area contributed by atoms with E-state index >= 15 is 0 Å². The summed E-state index contributed by atoms with van der Waals surface area (Å²) in [5, 5.41) is 5.98. The van der Waals surface area contributed by atoms with Crippen molar-refractivity contribution < 1.29 is 9.59 Å². The number of anilines is 1. The highest BCUT2D eigenvalue weighted by molar-refractivity contribution is 6.39. The fourth-order valence-electron chi connectivity index (χ4n) is 2.73. The summed E-state index contributed by atoms with van der Waals surface area (Å²) in [7, 11) is 0. The molecule has 0 radical (unpaired) electrons. The van der Waals surface area contributed by atoms with Crippen molar-refractivity contribution in [1.29, 1.82) is 0 Å². The molecule has 3 rings (SSSR count). The Kier molecular flexibility index (Phi) is 6.23. The van der Waals surface area contributed by atoms with Crippen molar-refractivity contribution in [3.8, 4) is 0 Å². The Morgan fingerprint density at radius 3 is 2.00 bits per heavy atom. The fraction of sp³-hybridized carbons (Fsp3) is 0.0909. The van der Waals surface area contributed by atoms with Crippen LogP contribution in [-0.4, -0.2) is 11.8 Å². The Morgan fingerprint density at radius 2 is 1.37 bits per heavy atom. The van der Waals surface area contributed by atoms with Crippen molar-refractivity contribution >= 4 is 29.1 Å². The molecule has 0 aromatic heterocycles. The van der Waals surface area contributed by atoms with Gasteiger partial charge in [0.2, 0.25) is 0 Å². The molecule has 0 bridgehead atoms. The van der Waals surface area contributed by atoms with Gasteiger partial charge in [0, 0.05) is 10.7 Å². The van der Waals surface area contributed by atoms with E-state index in [4.69, 9.17) is 11.6 Å². The molecule has 3 aromatic rings. The molecule has 0 aliphatic heterocycles. The van der Waals surface area contributed by atoms with E-state index in [1.807, 2.05) is 60.7 Å². The normalized spacial score (nSPS) is 11.4. The molecule has 0 saturated carbocycles. The van der Waals surface area contributed by atoms with Crippen molar-refractivity contribution in [2.45, 2.75) is 12.5 Å². The van der Waals surface area contributed by atoms with Crippen molar-refractivity contribution in [3.63, 3.8) is 0 Å². The minimum absolute atomic E-state index is 0.308. The lowest BCUT2D eigenvalue weighted by molar-refractivity contribution is -0.136. The second-order valence-corrected chi connectivity index (χ2v) is 6.52. The standard InChI is InChI=1S/C22H19ClN2O2/c23-18-11-13-19(14-12-18)24-21(26)22(27)25-20(17-9-5-2-6-10-17)15-16-7-3-1-4-8-16/h1-14,20H,15H2,(H,24,26)(H,25,27). The van der Waals surface area contributed by atoms with Crippen LogP contribution in [0.15, 0.2) is 84.9 Å². The molecule has 3 aromatic carbocycles. The van der Waals surface area contributed by atoms with Gasteiger partial charge in [-0.25, -0.2) is 0 Å². The van der Waals surface area contributed by atoms with E-state index < -0.39 is 11.8 Å². The second-order valence-electron chi connectivity index (χ2n) is 6.09. The van der Waals surface area contributed by atoms with Gasteiger partial charge in [0.25, 0.3) is 0 Å². The van der Waals surface area contributed by atoms with Gasteiger partial charge in [-0.1, -0.05) is 72.3 Å². The topological polar surface area (TPSA) is 58.2 Å². The molecule has 0 saturated heterocycles. The minimum Gasteiger partial charge on any atom is -0.341 e. The lowest BCUT2D eigenvalue weighted by atomic mass is 9.99. The third-order valence-electron chi connectivity index (χ3n) is 4.10. The summed E-state index contributed by atoms with van der Waals surface area (Å²) >= 11 is 5.83. The molecule has 0 heterocycles. The zero-order valence-electron chi connectivity index (χ0n) is 14.6. The van der Waals surface area contributed by atoms with Crippen LogP contribution < -0.4 is 10.6 Å². The molecule has 136 valence electrons. The monoisotopic (exact) mass is 378 g/mol. The van der Waals surface area contributed by atoms with E-state index in [1.165, 1.54) is 0 Å². The molecule has 0 aliphatic rings. The zero-order valence-corrected chi connectivity index (χ0v) is 15.3. The number of hydrogen-bond donors (Lipinski definition) is 2. The van der Waals surface area contributed by atoms with Crippen LogP contribution in [0, 0.1) is 0 Å². The predicted molar refractivity (Wildman–Crippen MR) is 108 cm³/mol. The summed E-state index contributed by atoms with van der Waals surface area (Å²) in [6.45, 7) is 0. The van der Waals surface area contributed by atoms with Crippen molar-refractivity contribution in [2.75, 3.05) is 5.32 Å². The Labute approximate surface area is 163 Å². The van der Waals surface area contributed by atoms with E-state index in [2.05, 4.69) is 10.6 Å². The van der Waals surface area contributed by atoms with Crippen LogP contribution in [0.1, 0.15) is 17.2 Å². The lowest BCUT2D eigenvalue weighted by Gasteiger charge is -2.19. The highest BCUT2D eigenvalue weighted by atomic mass is 35.5. The number of amides is 2. The van der Waals surface area contributed by atoms with E-state index in [0.29, 0.717) is 17.1 Å². The molecule has 2 N–H and O–H groups in total.